The number of benzene rings is 1. The predicted molar refractivity (Wildman–Crippen MR) is 82.2 cm³/mol. The van der Waals surface area contributed by atoms with Gasteiger partial charge in [-0.1, -0.05) is 50.6 Å². The van der Waals surface area contributed by atoms with Gasteiger partial charge in [0.05, 0.1) is 0 Å². The van der Waals surface area contributed by atoms with Crippen LogP contribution in [0.2, 0.25) is 0 Å². The standard InChI is InChI=1S/C17H28N2/c1-3-15(2)13-18-17-9-11-19(12-10-17)14-16-7-5-4-6-8-16/h4-8,15,17-18H,3,9-14H2,1-2H3. The highest BCUT2D eigenvalue weighted by atomic mass is 15.1. The Labute approximate surface area is 118 Å². The van der Waals surface area contributed by atoms with Crippen molar-refractivity contribution in [2.45, 2.75) is 45.7 Å². The summed E-state index contributed by atoms with van der Waals surface area (Å²) in [5.74, 6) is 0.808. The zero-order valence-corrected chi connectivity index (χ0v) is 12.4. The van der Waals surface area contributed by atoms with Gasteiger partial charge in [0, 0.05) is 12.6 Å². The van der Waals surface area contributed by atoms with Crippen molar-refractivity contribution in [1.82, 2.24) is 10.2 Å². The molecule has 1 aliphatic heterocycles. The first-order valence-corrected chi connectivity index (χ1v) is 7.77. The van der Waals surface area contributed by atoms with Gasteiger partial charge >= 0.3 is 0 Å². The first-order chi connectivity index (χ1) is 9.28. The monoisotopic (exact) mass is 260 g/mol. The van der Waals surface area contributed by atoms with Crippen molar-refractivity contribution in [3.63, 3.8) is 0 Å². The van der Waals surface area contributed by atoms with Gasteiger partial charge in [0.15, 0.2) is 0 Å². The normalized spacial score (nSPS) is 19.5. The Morgan fingerprint density at radius 3 is 2.53 bits per heavy atom. The zero-order chi connectivity index (χ0) is 13.5. The summed E-state index contributed by atoms with van der Waals surface area (Å²) in [6, 6.07) is 11.6. The molecule has 19 heavy (non-hydrogen) atoms. The minimum atomic E-state index is 0.737. The lowest BCUT2D eigenvalue weighted by atomic mass is 10.0. The third-order valence-corrected chi connectivity index (χ3v) is 4.29. The summed E-state index contributed by atoms with van der Waals surface area (Å²) in [6.45, 7) is 9.35. The molecule has 0 aromatic heterocycles. The van der Waals surface area contributed by atoms with Gasteiger partial charge in [0.1, 0.15) is 0 Å². The molecule has 0 radical (unpaired) electrons. The number of rotatable bonds is 6. The van der Waals surface area contributed by atoms with Crippen molar-refractivity contribution in [3.05, 3.63) is 35.9 Å². The topological polar surface area (TPSA) is 15.3 Å². The first-order valence-electron chi connectivity index (χ1n) is 7.77. The molecule has 0 bridgehead atoms. The van der Waals surface area contributed by atoms with E-state index in [1.165, 1.54) is 44.5 Å². The van der Waals surface area contributed by atoms with Crippen LogP contribution in [0.3, 0.4) is 0 Å². The molecule has 0 saturated carbocycles. The Balaban J connectivity index is 1.68. The highest BCUT2D eigenvalue weighted by molar-refractivity contribution is 5.14. The van der Waals surface area contributed by atoms with Crippen molar-refractivity contribution in [3.8, 4) is 0 Å². The number of likely N-dealkylation sites (tertiary alicyclic amines) is 1. The number of nitrogens with one attached hydrogen (secondary N) is 1. The smallest absolute Gasteiger partial charge is 0.0233 e. The molecular formula is C17H28N2. The third kappa shape index (κ3) is 4.96. The molecule has 1 aromatic rings. The minimum Gasteiger partial charge on any atom is -0.314 e. The van der Waals surface area contributed by atoms with E-state index in [1.54, 1.807) is 0 Å². The Bertz CT molecular complexity index is 342. The maximum atomic E-state index is 3.73. The summed E-state index contributed by atoms with van der Waals surface area (Å²) < 4.78 is 0. The van der Waals surface area contributed by atoms with E-state index in [0.717, 1.165) is 18.5 Å². The van der Waals surface area contributed by atoms with E-state index < -0.39 is 0 Å². The lowest BCUT2D eigenvalue weighted by Gasteiger charge is -2.33. The highest BCUT2D eigenvalue weighted by Crippen LogP contribution is 2.14. The van der Waals surface area contributed by atoms with Gasteiger partial charge < -0.3 is 5.32 Å². The molecule has 1 heterocycles. The van der Waals surface area contributed by atoms with E-state index >= 15 is 0 Å². The number of hydrogen-bond acceptors (Lipinski definition) is 2. The van der Waals surface area contributed by atoms with Gasteiger partial charge in [0.2, 0.25) is 0 Å². The Morgan fingerprint density at radius 1 is 1.21 bits per heavy atom. The summed E-state index contributed by atoms with van der Waals surface area (Å²) in [7, 11) is 0. The fraction of sp³-hybridized carbons (Fsp3) is 0.647. The van der Waals surface area contributed by atoms with E-state index in [-0.39, 0.29) is 0 Å². The summed E-state index contributed by atoms with van der Waals surface area (Å²) in [5, 5.41) is 3.73. The Kier molecular flexibility index (Phi) is 5.87. The molecule has 1 fully saturated rings. The number of hydrogen-bond donors (Lipinski definition) is 1. The molecule has 1 N–H and O–H groups in total. The van der Waals surface area contributed by atoms with Crippen LogP contribution in [0.5, 0.6) is 0 Å². The molecule has 2 rings (SSSR count). The molecule has 2 heteroatoms. The van der Waals surface area contributed by atoms with E-state index in [2.05, 4.69) is 54.4 Å². The van der Waals surface area contributed by atoms with Crippen molar-refractivity contribution in [2.75, 3.05) is 19.6 Å². The van der Waals surface area contributed by atoms with Gasteiger partial charge in [-0.2, -0.15) is 0 Å². The molecule has 1 saturated heterocycles. The lowest BCUT2D eigenvalue weighted by molar-refractivity contribution is 0.188. The van der Waals surface area contributed by atoms with Crippen LogP contribution in [-0.2, 0) is 6.54 Å². The largest absolute Gasteiger partial charge is 0.314 e. The molecule has 2 nitrogen and oxygen atoms in total. The second kappa shape index (κ2) is 7.66. The first kappa shape index (κ1) is 14.5. The van der Waals surface area contributed by atoms with Gasteiger partial charge in [-0.05, 0) is 44.0 Å². The third-order valence-electron chi connectivity index (χ3n) is 4.29. The average molecular weight is 260 g/mol. The summed E-state index contributed by atoms with van der Waals surface area (Å²) in [5.41, 5.74) is 1.44. The second-order valence-electron chi connectivity index (χ2n) is 5.96. The summed E-state index contributed by atoms with van der Waals surface area (Å²) in [6.07, 6.45) is 3.87. The van der Waals surface area contributed by atoms with Crippen LogP contribution in [0.4, 0.5) is 0 Å². The van der Waals surface area contributed by atoms with E-state index in [4.69, 9.17) is 0 Å². The van der Waals surface area contributed by atoms with Gasteiger partial charge in [-0.15, -0.1) is 0 Å². The van der Waals surface area contributed by atoms with Crippen LogP contribution >= 0.6 is 0 Å². The quantitative estimate of drug-likeness (QED) is 0.844. The molecule has 0 aliphatic carbocycles. The van der Waals surface area contributed by atoms with E-state index in [9.17, 15) is 0 Å². The predicted octanol–water partition coefficient (Wildman–Crippen LogP) is 3.29. The molecule has 106 valence electrons. The zero-order valence-electron chi connectivity index (χ0n) is 12.4. The molecular weight excluding hydrogens is 232 g/mol. The summed E-state index contributed by atoms with van der Waals surface area (Å²) >= 11 is 0. The van der Waals surface area contributed by atoms with Gasteiger partial charge in [-0.25, -0.2) is 0 Å². The molecule has 0 spiro atoms. The van der Waals surface area contributed by atoms with Crippen molar-refractivity contribution < 1.29 is 0 Å². The fourth-order valence-corrected chi connectivity index (χ4v) is 2.65. The maximum absolute atomic E-state index is 3.73. The minimum absolute atomic E-state index is 0.737. The molecule has 1 atom stereocenters. The van der Waals surface area contributed by atoms with E-state index in [1.807, 2.05) is 0 Å². The van der Waals surface area contributed by atoms with Crippen LogP contribution in [-0.4, -0.2) is 30.6 Å². The van der Waals surface area contributed by atoms with Crippen LogP contribution in [0, 0.1) is 5.92 Å². The fourth-order valence-electron chi connectivity index (χ4n) is 2.65. The molecule has 1 aromatic carbocycles. The Hall–Kier alpha value is -0.860. The average Bonchev–Trinajstić information content (AvgIpc) is 2.47. The lowest BCUT2D eigenvalue weighted by Crippen LogP contribution is -2.43. The van der Waals surface area contributed by atoms with E-state index in [0.29, 0.717) is 0 Å². The maximum Gasteiger partial charge on any atom is 0.0233 e. The van der Waals surface area contributed by atoms with Crippen LogP contribution in [0.25, 0.3) is 0 Å². The Morgan fingerprint density at radius 2 is 1.89 bits per heavy atom. The van der Waals surface area contributed by atoms with Gasteiger partial charge in [-0.3, -0.25) is 4.90 Å². The molecule has 0 amide bonds. The van der Waals surface area contributed by atoms with Crippen molar-refractivity contribution in [2.24, 2.45) is 5.92 Å². The van der Waals surface area contributed by atoms with Crippen molar-refractivity contribution >= 4 is 0 Å². The number of nitrogens with zero attached hydrogens (tertiary/aromatic N) is 1. The van der Waals surface area contributed by atoms with Crippen LogP contribution in [0.15, 0.2) is 30.3 Å². The highest BCUT2D eigenvalue weighted by Gasteiger charge is 2.18. The SMILES string of the molecule is CCC(C)CNC1CCN(Cc2ccccc2)CC1. The second-order valence-corrected chi connectivity index (χ2v) is 5.96. The molecule has 1 unspecified atom stereocenters. The van der Waals surface area contributed by atoms with Crippen LogP contribution in [0.1, 0.15) is 38.7 Å². The van der Waals surface area contributed by atoms with Gasteiger partial charge in [0.25, 0.3) is 0 Å². The van der Waals surface area contributed by atoms with Crippen molar-refractivity contribution in [1.29, 1.82) is 0 Å². The van der Waals surface area contributed by atoms with Crippen LogP contribution < -0.4 is 5.32 Å². The number of piperidine rings is 1. The summed E-state index contributed by atoms with van der Waals surface area (Å²) in [4.78, 5) is 2.58. The molecule has 1 aliphatic rings.